The van der Waals surface area contributed by atoms with Gasteiger partial charge in [0.05, 0.1) is 6.42 Å². The first-order valence-corrected chi connectivity index (χ1v) is 7.89. The second-order valence-electron chi connectivity index (χ2n) is 6.28. The molecule has 1 saturated carbocycles. The Kier molecular flexibility index (Phi) is 5.16. The highest BCUT2D eigenvalue weighted by Crippen LogP contribution is 2.43. The minimum atomic E-state index is -0.786. The first-order chi connectivity index (χ1) is 10.0. The zero-order valence-corrected chi connectivity index (χ0v) is 12.7. The molecule has 1 fully saturated rings. The summed E-state index contributed by atoms with van der Waals surface area (Å²) in [5, 5.41) is 9.17. The number of ketones is 1. The smallest absolute Gasteiger partial charge is 0.303 e. The van der Waals surface area contributed by atoms with Gasteiger partial charge in [-0.1, -0.05) is 50.5 Å². The van der Waals surface area contributed by atoms with E-state index < -0.39 is 5.97 Å². The van der Waals surface area contributed by atoms with Crippen molar-refractivity contribution in [3.05, 3.63) is 35.4 Å². The minimum Gasteiger partial charge on any atom is -0.481 e. The molecule has 1 aliphatic rings. The van der Waals surface area contributed by atoms with Gasteiger partial charge in [0.15, 0.2) is 5.78 Å². The van der Waals surface area contributed by atoms with Crippen LogP contribution in [0, 0.1) is 5.41 Å². The normalized spacial score (nSPS) is 17.4. The summed E-state index contributed by atoms with van der Waals surface area (Å²) in [5.74, 6) is -0.702. The third kappa shape index (κ3) is 4.16. The fourth-order valence-corrected chi connectivity index (χ4v) is 3.41. The van der Waals surface area contributed by atoms with Crippen LogP contribution in [0.5, 0.6) is 0 Å². The molecular formula is C18H24O3. The summed E-state index contributed by atoms with van der Waals surface area (Å²) < 4.78 is 0. The van der Waals surface area contributed by atoms with Crippen LogP contribution in [0.2, 0.25) is 0 Å². The van der Waals surface area contributed by atoms with Crippen LogP contribution in [0.1, 0.15) is 67.8 Å². The number of rotatable bonds is 6. The Hall–Kier alpha value is -1.64. The fraction of sp³-hybridized carbons (Fsp3) is 0.556. The maximum atomic E-state index is 12.5. The number of hydrogen-bond donors (Lipinski definition) is 1. The van der Waals surface area contributed by atoms with Crippen LogP contribution in [0.4, 0.5) is 0 Å². The highest BCUT2D eigenvalue weighted by Gasteiger charge is 2.36. The maximum Gasteiger partial charge on any atom is 0.303 e. The van der Waals surface area contributed by atoms with Crippen LogP contribution in [0.3, 0.4) is 0 Å². The molecule has 1 aromatic rings. The molecular weight excluding hydrogens is 264 g/mol. The van der Waals surface area contributed by atoms with E-state index in [0.717, 1.165) is 38.5 Å². The van der Waals surface area contributed by atoms with E-state index in [1.54, 1.807) is 0 Å². The standard InChI is InChI=1S/C18H24O3/c1-2-14-6-8-15(9-7-14)16(19)12-18(13-17(20)21)10-4-3-5-11-18/h6-9H,2-5,10-13H2,1H3,(H,20,21). The van der Waals surface area contributed by atoms with E-state index in [1.807, 2.05) is 24.3 Å². The Labute approximate surface area is 126 Å². The van der Waals surface area contributed by atoms with Gasteiger partial charge in [-0.3, -0.25) is 9.59 Å². The maximum absolute atomic E-state index is 12.5. The summed E-state index contributed by atoms with van der Waals surface area (Å²) >= 11 is 0. The number of carbonyl (C=O) groups is 2. The van der Waals surface area contributed by atoms with E-state index in [2.05, 4.69) is 6.92 Å². The van der Waals surface area contributed by atoms with Crippen molar-refractivity contribution in [3.8, 4) is 0 Å². The van der Waals surface area contributed by atoms with Gasteiger partial charge in [0.25, 0.3) is 0 Å². The second-order valence-corrected chi connectivity index (χ2v) is 6.28. The molecule has 0 aromatic heterocycles. The summed E-state index contributed by atoms with van der Waals surface area (Å²) in [5.41, 5.74) is 1.59. The molecule has 0 unspecified atom stereocenters. The number of carbonyl (C=O) groups excluding carboxylic acids is 1. The van der Waals surface area contributed by atoms with Crippen LogP contribution < -0.4 is 0 Å². The fourth-order valence-electron chi connectivity index (χ4n) is 3.41. The Morgan fingerprint density at radius 1 is 1.05 bits per heavy atom. The van der Waals surface area contributed by atoms with Crippen molar-refractivity contribution < 1.29 is 14.7 Å². The van der Waals surface area contributed by atoms with Gasteiger partial charge in [-0.15, -0.1) is 0 Å². The minimum absolute atomic E-state index is 0.0841. The molecule has 114 valence electrons. The van der Waals surface area contributed by atoms with E-state index in [4.69, 9.17) is 0 Å². The summed E-state index contributed by atoms with van der Waals surface area (Å²) in [6, 6.07) is 7.72. The van der Waals surface area contributed by atoms with Crippen LogP contribution in [-0.2, 0) is 11.2 Å². The number of aliphatic carboxylic acids is 1. The van der Waals surface area contributed by atoms with Crippen LogP contribution in [0.25, 0.3) is 0 Å². The molecule has 0 heterocycles. The van der Waals surface area contributed by atoms with Gasteiger partial charge in [-0.25, -0.2) is 0 Å². The van der Waals surface area contributed by atoms with E-state index >= 15 is 0 Å². The highest BCUT2D eigenvalue weighted by atomic mass is 16.4. The lowest BCUT2D eigenvalue weighted by Gasteiger charge is -2.35. The molecule has 2 rings (SSSR count). The van der Waals surface area contributed by atoms with Gasteiger partial charge in [-0.05, 0) is 30.2 Å². The Balaban J connectivity index is 2.11. The highest BCUT2D eigenvalue weighted by molar-refractivity contribution is 5.96. The second kappa shape index (κ2) is 6.88. The number of aryl methyl sites for hydroxylation is 1. The van der Waals surface area contributed by atoms with Crippen molar-refractivity contribution in [2.45, 2.75) is 58.3 Å². The molecule has 0 saturated heterocycles. The molecule has 0 spiro atoms. The molecule has 3 nitrogen and oxygen atoms in total. The summed E-state index contributed by atoms with van der Waals surface area (Å²) in [6.07, 6.45) is 6.38. The molecule has 0 bridgehead atoms. The number of Topliss-reactive ketones (excluding diaryl/α,β-unsaturated/α-hetero) is 1. The first kappa shape index (κ1) is 15.7. The van der Waals surface area contributed by atoms with E-state index in [0.29, 0.717) is 12.0 Å². The summed E-state index contributed by atoms with van der Waals surface area (Å²) in [4.78, 5) is 23.7. The van der Waals surface area contributed by atoms with Gasteiger partial charge in [0, 0.05) is 12.0 Å². The van der Waals surface area contributed by atoms with Crippen molar-refractivity contribution in [3.63, 3.8) is 0 Å². The molecule has 0 amide bonds. The van der Waals surface area contributed by atoms with Gasteiger partial charge in [0.2, 0.25) is 0 Å². The molecule has 0 aliphatic heterocycles. The third-order valence-corrected chi connectivity index (χ3v) is 4.66. The zero-order valence-electron chi connectivity index (χ0n) is 12.7. The molecule has 1 aromatic carbocycles. The van der Waals surface area contributed by atoms with Gasteiger partial charge in [-0.2, -0.15) is 0 Å². The van der Waals surface area contributed by atoms with Crippen molar-refractivity contribution in [1.29, 1.82) is 0 Å². The van der Waals surface area contributed by atoms with Crippen molar-refractivity contribution in [2.24, 2.45) is 5.41 Å². The largest absolute Gasteiger partial charge is 0.481 e. The molecule has 0 atom stereocenters. The average Bonchev–Trinajstić information content (AvgIpc) is 2.47. The van der Waals surface area contributed by atoms with Crippen LogP contribution >= 0.6 is 0 Å². The number of hydrogen-bond acceptors (Lipinski definition) is 2. The quantitative estimate of drug-likeness (QED) is 0.796. The molecule has 3 heteroatoms. The summed E-state index contributed by atoms with van der Waals surface area (Å²) in [6.45, 7) is 2.08. The summed E-state index contributed by atoms with van der Waals surface area (Å²) in [7, 11) is 0. The number of carboxylic acids is 1. The molecule has 1 aliphatic carbocycles. The predicted molar refractivity (Wildman–Crippen MR) is 82.5 cm³/mol. The van der Waals surface area contributed by atoms with Crippen LogP contribution in [-0.4, -0.2) is 16.9 Å². The van der Waals surface area contributed by atoms with E-state index in [9.17, 15) is 14.7 Å². The topological polar surface area (TPSA) is 54.4 Å². The average molecular weight is 288 g/mol. The molecule has 0 radical (unpaired) electrons. The number of carboxylic acid groups (broad SMARTS) is 1. The predicted octanol–water partition coefficient (Wildman–Crippen LogP) is 4.25. The molecule has 21 heavy (non-hydrogen) atoms. The zero-order chi connectivity index (χ0) is 15.3. The Morgan fingerprint density at radius 2 is 1.67 bits per heavy atom. The van der Waals surface area contributed by atoms with E-state index in [-0.39, 0.29) is 17.6 Å². The van der Waals surface area contributed by atoms with E-state index in [1.165, 1.54) is 5.56 Å². The van der Waals surface area contributed by atoms with Gasteiger partial charge >= 0.3 is 5.97 Å². The first-order valence-electron chi connectivity index (χ1n) is 7.89. The lowest BCUT2D eigenvalue weighted by atomic mass is 9.68. The van der Waals surface area contributed by atoms with Gasteiger partial charge in [0.1, 0.15) is 0 Å². The third-order valence-electron chi connectivity index (χ3n) is 4.66. The van der Waals surface area contributed by atoms with Crippen molar-refractivity contribution in [2.75, 3.05) is 0 Å². The monoisotopic (exact) mass is 288 g/mol. The van der Waals surface area contributed by atoms with Crippen molar-refractivity contribution in [1.82, 2.24) is 0 Å². The van der Waals surface area contributed by atoms with Crippen LogP contribution in [0.15, 0.2) is 24.3 Å². The lowest BCUT2D eigenvalue weighted by molar-refractivity contribution is -0.140. The SMILES string of the molecule is CCc1ccc(C(=O)CC2(CC(=O)O)CCCCC2)cc1. The lowest BCUT2D eigenvalue weighted by Crippen LogP contribution is -2.30. The van der Waals surface area contributed by atoms with Gasteiger partial charge < -0.3 is 5.11 Å². The Bertz CT molecular complexity index is 496. The molecule has 1 N–H and O–H groups in total. The number of benzene rings is 1. The van der Waals surface area contributed by atoms with Crippen molar-refractivity contribution >= 4 is 11.8 Å². The Morgan fingerprint density at radius 3 is 2.19 bits per heavy atom.